The van der Waals surface area contributed by atoms with Crippen LogP contribution in [0.1, 0.15) is 17.2 Å². The molecule has 0 aliphatic rings. The largest absolute Gasteiger partial charge is 0.496 e. The molecule has 1 heterocycles. The van der Waals surface area contributed by atoms with Gasteiger partial charge in [-0.3, -0.25) is 4.98 Å². The second kappa shape index (κ2) is 5.99. The van der Waals surface area contributed by atoms with Crippen molar-refractivity contribution in [1.29, 1.82) is 0 Å². The van der Waals surface area contributed by atoms with Crippen LogP contribution in [-0.4, -0.2) is 19.1 Å². The molecule has 0 saturated carbocycles. The number of halogens is 2. The summed E-state index contributed by atoms with van der Waals surface area (Å²) in [4.78, 5) is 3.76. The van der Waals surface area contributed by atoms with Crippen molar-refractivity contribution in [3.8, 4) is 5.75 Å². The van der Waals surface area contributed by atoms with Crippen LogP contribution in [0.5, 0.6) is 5.75 Å². The average molecular weight is 281 g/mol. The molecule has 2 rings (SSSR count). The molecule has 1 aromatic carbocycles. The Bertz CT molecular complexity index is 577. The summed E-state index contributed by atoms with van der Waals surface area (Å²) in [7, 11) is 3.33. The van der Waals surface area contributed by atoms with Crippen LogP contribution in [-0.2, 0) is 0 Å². The molecule has 19 heavy (non-hydrogen) atoms. The summed E-state index contributed by atoms with van der Waals surface area (Å²) in [6, 6.07) is 6.55. The Morgan fingerprint density at radius 2 is 2.11 bits per heavy atom. The van der Waals surface area contributed by atoms with Crippen molar-refractivity contribution in [2.75, 3.05) is 14.2 Å². The van der Waals surface area contributed by atoms with Gasteiger partial charge in [0.2, 0.25) is 0 Å². The number of hydrogen-bond donors (Lipinski definition) is 1. The summed E-state index contributed by atoms with van der Waals surface area (Å²) in [5.41, 5.74) is 1.28. The summed E-state index contributed by atoms with van der Waals surface area (Å²) in [6.45, 7) is 0. The van der Waals surface area contributed by atoms with E-state index in [4.69, 9.17) is 16.3 Å². The third kappa shape index (κ3) is 2.85. The first kappa shape index (κ1) is 13.8. The van der Waals surface area contributed by atoms with Gasteiger partial charge in [0, 0.05) is 22.3 Å². The van der Waals surface area contributed by atoms with E-state index >= 15 is 0 Å². The van der Waals surface area contributed by atoms with Crippen molar-refractivity contribution < 1.29 is 9.13 Å². The number of pyridine rings is 1. The van der Waals surface area contributed by atoms with E-state index in [2.05, 4.69) is 10.3 Å². The second-order valence-corrected chi connectivity index (χ2v) is 4.44. The molecule has 0 spiro atoms. The SMILES string of the molecule is CNC(c1ccncc1F)c1cc(Cl)ccc1OC. The normalized spacial score (nSPS) is 12.2. The molecule has 1 atom stereocenters. The Kier molecular flexibility index (Phi) is 4.35. The van der Waals surface area contributed by atoms with Gasteiger partial charge in [0.15, 0.2) is 0 Å². The van der Waals surface area contributed by atoms with Gasteiger partial charge in [-0.05, 0) is 31.3 Å². The van der Waals surface area contributed by atoms with Crippen LogP contribution in [0, 0.1) is 5.82 Å². The Balaban J connectivity index is 2.54. The lowest BCUT2D eigenvalue weighted by atomic mass is 9.98. The molecule has 2 aromatic rings. The highest BCUT2D eigenvalue weighted by atomic mass is 35.5. The fourth-order valence-corrected chi connectivity index (χ4v) is 2.21. The molecule has 0 fully saturated rings. The monoisotopic (exact) mass is 280 g/mol. The maximum atomic E-state index is 13.9. The number of rotatable bonds is 4. The standard InChI is InChI=1S/C14H14ClFN2O/c1-17-14(10-5-6-18-8-12(10)16)11-7-9(15)3-4-13(11)19-2/h3-8,14,17H,1-2H3. The van der Waals surface area contributed by atoms with Crippen LogP contribution in [0.15, 0.2) is 36.7 Å². The molecule has 0 amide bonds. The molecule has 1 N–H and O–H groups in total. The van der Waals surface area contributed by atoms with Gasteiger partial charge < -0.3 is 10.1 Å². The van der Waals surface area contributed by atoms with Crippen molar-refractivity contribution in [3.63, 3.8) is 0 Å². The molecule has 0 bridgehead atoms. The Morgan fingerprint density at radius 3 is 2.74 bits per heavy atom. The second-order valence-electron chi connectivity index (χ2n) is 4.01. The molecule has 3 nitrogen and oxygen atoms in total. The minimum atomic E-state index is -0.371. The predicted octanol–water partition coefficient (Wildman–Crippen LogP) is 3.19. The van der Waals surface area contributed by atoms with Crippen molar-refractivity contribution in [3.05, 3.63) is 58.6 Å². The molecular formula is C14H14ClFN2O. The number of methoxy groups -OCH3 is 1. The Hall–Kier alpha value is -1.65. The van der Waals surface area contributed by atoms with Gasteiger partial charge in [-0.15, -0.1) is 0 Å². The van der Waals surface area contributed by atoms with E-state index in [9.17, 15) is 4.39 Å². The van der Waals surface area contributed by atoms with Crippen molar-refractivity contribution in [2.24, 2.45) is 0 Å². The molecule has 0 aliphatic carbocycles. The highest BCUT2D eigenvalue weighted by Gasteiger charge is 2.20. The van der Waals surface area contributed by atoms with Gasteiger partial charge in [0.1, 0.15) is 11.6 Å². The highest BCUT2D eigenvalue weighted by Crippen LogP contribution is 2.32. The molecule has 1 unspecified atom stereocenters. The summed E-state index contributed by atoms with van der Waals surface area (Å²) in [6.07, 6.45) is 2.75. The third-order valence-corrected chi connectivity index (χ3v) is 3.14. The minimum absolute atomic E-state index is 0.350. The van der Waals surface area contributed by atoms with Gasteiger partial charge in [-0.1, -0.05) is 11.6 Å². The minimum Gasteiger partial charge on any atom is -0.496 e. The van der Waals surface area contributed by atoms with E-state index in [-0.39, 0.29) is 11.9 Å². The number of nitrogens with zero attached hydrogens (tertiary/aromatic N) is 1. The fraction of sp³-hybridized carbons (Fsp3) is 0.214. The lowest BCUT2D eigenvalue weighted by Gasteiger charge is -2.20. The maximum absolute atomic E-state index is 13.9. The quantitative estimate of drug-likeness (QED) is 0.934. The summed E-state index contributed by atoms with van der Waals surface area (Å²) < 4.78 is 19.2. The van der Waals surface area contributed by atoms with Gasteiger partial charge in [-0.25, -0.2) is 4.39 Å². The molecule has 0 saturated heterocycles. The maximum Gasteiger partial charge on any atom is 0.146 e. The van der Waals surface area contributed by atoms with E-state index in [0.717, 1.165) is 5.56 Å². The number of hydrogen-bond acceptors (Lipinski definition) is 3. The lowest BCUT2D eigenvalue weighted by Crippen LogP contribution is -2.19. The first-order valence-electron chi connectivity index (χ1n) is 5.77. The van der Waals surface area contributed by atoms with E-state index < -0.39 is 0 Å². The van der Waals surface area contributed by atoms with Crippen molar-refractivity contribution in [1.82, 2.24) is 10.3 Å². The number of ether oxygens (including phenoxy) is 1. The number of benzene rings is 1. The highest BCUT2D eigenvalue weighted by molar-refractivity contribution is 6.30. The zero-order chi connectivity index (χ0) is 13.8. The molecule has 100 valence electrons. The average Bonchev–Trinajstić information content (AvgIpc) is 2.42. The van der Waals surface area contributed by atoms with Gasteiger partial charge in [0.05, 0.1) is 19.3 Å². The Morgan fingerprint density at radius 1 is 1.32 bits per heavy atom. The van der Waals surface area contributed by atoms with Crippen LogP contribution in [0.4, 0.5) is 4.39 Å². The summed E-state index contributed by atoms with van der Waals surface area (Å²) in [5.74, 6) is 0.281. The van der Waals surface area contributed by atoms with Crippen molar-refractivity contribution in [2.45, 2.75) is 6.04 Å². The fourth-order valence-electron chi connectivity index (χ4n) is 2.03. The predicted molar refractivity (Wildman–Crippen MR) is 73.1 cm³/mol. The van der Waals surface area contributed by atoms with Crippen LogP contribution in [0.25, 0.3) is 0 Å². The van der Waals surface area contributed by atoms with Crippen LogP contribution >= 0.6 is 11.6 Å². The van der Waals surface area contributed by atoms with Crippen LogP contribution in [0.3, 0.4) is 0 Å². The van der Waals surface area contributed by atoms with Crippen LogP contribution < -0.4 is 10.1 Å². The Labute approximate surface area is 116 Å². The van der Waals surface area contributed by atoms with E-state index in [1.807, 2.05) is 0 Å². The number of aromatic nitrogens is 1. The van der Waals surface area contributed by atoms with Gasteiger partial charge in [-0.2, -0.15) is 0 Å². The molecule has 0 radical (unpaired) electrons. The van der Waals surface area contributed by atoms with E-state index in [1.165, 1.54) is 6.20 Å². The van der Waals surface area contributed by atoms with E-state index in [1.54, 1.807) is 44.6 Å². The topological polar surface area (TPSA) is 34.2 Å². The first-order chi connectivity index (χ1) is 9.17. The lowest BCUT2D eigenvalue weighted by molar-refractivity contribution is 0.404. The molecular weight excluding hydrogens is 267 g/mol. The van der Waals surface area contributed by atoms with Crippen molar-refractivity contribution >= 4 is 11.6 Å². The first-order valence-corrected chi connectivity index (χ1v) is 6.15. The summed E-state index contributed by atoms with van der Waals surface area (Å²) in [5, 5.41) is 3.65. The smallest absolute Gasteiger partial charge is 0.146 e. The molecule has 0 aliphatic heterocycles. The molecule has 5 heteroatoms. The van der Waals surface area contributed by atoms with Crippen LogP contribution in [0.2, 0.25) is 5.02 Å². The molecule has 1 aromatic heterocycles. The zero-order valence-corrected chi connectivity index (χ0v) is 11.4. The van der Waals surface area contributed by atoms with E-state index in [0.29, 0.717) is 16.3 Å². The van der Waals surface area contributed by atoms with Gasteiger partial charge in [0.25, 0.3) is 0 Å². The third-order valence-electron chi connectivity index (χ3n) is 2.91. The zero-order valence-electron chi connectivity index (χ0n) is 10.7. The number of nitrogens with one attached hydrogen (secondary N) is 1. The summed E-state index contributed by atoms with van der Waals surface area (Å²) >= 11 is 6.01. The van der Waals surface area contributed by atoms with Gasteiger partial charge >= 0.3 is 0 Å².